The Kier molecular flexibility index (Phi) is 6.94. The lowest BCUT2D eigenvalue weighted by Gasteiger charge is -2.06. The minimum Gasteiger partial charge on any atom is -0.451 e. The predicted octanol–water partition coefficient (Wildman–Crippen LogP) is 5.49. The zero-order valence-corrected chi connectivity index (χ0v) is 19.0. The van der Waals surface area contributed by atoms with Crippen LogP contribution in [0.3, 0.4) is 0 Å². The Hall–Kier alpha value is -3.07. The van der Waals surface area contributed by atoms with E-state index in [1.165, 1.54) is 11.3 Å². The van der Waals surface area contributed by atoms with Gasteiger partial charge >= 0.3 is 6.03 Å². The molecular formula is C22H18Cl2N4O3S. The summed E-state index contributed by atoms with van der Waals surface area (Å²) in [6.07, 6.45) is 0.523. The quantitative estimate of drug-likeness (QED) is 0.320. The van der Waals surface area contributed by atoms with Gasteiger partial charge in [-0.25, -0.2) is 9.78 Å². The maximum Gasteiger partial charge on any atom is 0.321 e. The number of carbonyl (C=O) groups excluding carboxylic acids is 2. The molecule has 0 fully saturated rings. The first kappa shape index (κ1) is 22.1. The molecule has 3 amide bonds. The number of fused-ring (bicyclic) bond motifs is 1. The molecule has 2 aromatic heterocycles. The molecule has 0 spiro atoms. The van der Waals surface area contributed by atoms with Crippen LogP contribution < -0.4 is 16.0 Å². The average Bonchev–Trinajstić information content (AvgIpc) is 3.41. The summed E-state index contributed by atoms with van der Waals surface area (Å²) in [4.78, 5) is 28.7. The predicted molar refractivity (Wildman–Crippen MR) is 127 cm³/mol. The topological polar surface area (TPSA) is 96.3 Å². The van der Waals surface area contributed by atoms with Gasteiger partial charge in [0.05, 0.1) is 15.7 Å². The molecule has 0 bridgehead atoms. The van der Waals surface area contributed by atoms with Gasteiger partial charge in [-0.1, -0.05) is 47.5 Å². The fourth-order valence-electron chi connectivity index (χ4n) is 2.94. The van der Waals surface area contributed by atoms with Gasteiger partial charge in [-0.15, -0.1) is 11.3 Å². The van der Waals surface area contributed by atoms with Gasteiger partial charge in [0.2, 0.25) is 0 Å². The minimum absolute atomic E-state index is 0.269. The van der Waals surface area contributed by atoms with Crippen molar-refractivity contribution in [2.24, 2.45) is 0 Å². The summed E-state index contributed by atoms with van der Waals surface area (Å²) in [6, 6.07) is 14.0. The average molecular weight is 489 g/mol. The van der Waals surface area contributed by atoms with E-state index in [0.717, 1.165) is 16.6 Å². The van der Waals surface area contributed by atoms with Gasteiger partial charge in [0, 0.05) is 30.3 Å². The van der Waals surface area contributed by atoms with E-state index >= 15 is 0 Å². The molecule has 164 valence electrons. The van der Waals surface area contributed by atoms with Crippen LogP contribution in [0.15, 0.2) is 58.3 Å². The third-order valence-corrected chi connectivity index (χ3v) is 6.07. The smallest absolute Gasteiger partial charge is 0.321 e. The number of para-hydroxylation sites is 1. The lowest BCUT2D eigenvalue weighted by molar-refractivity contribution is 0.0928. The van der Waals surface area contributed by atoms with Crippen molar-refractivity contribution in [1.82, 2.24) is 15.6 Å². The van der Waals surface area contributed by atoms with Crippen LogP contribution in [0.25, 0.3) is 11.0 Å². The number of carbonyl (C=O) groups is 2. The Morgan fingerprint density at radius 2 is 1.88 bits per heavy atom. The van der Waals surface area contributed by atoms with Gasteiger partial charge in [-0.05, 0) is 29.8 Å². The Bertz CT molecular complexity index is 1240. The van der Waals surface area contributed by atoms with E-state index in [2.05, 4.69) is 20.9 Å². The summed E-state index contributed by atoms with van der Waals surface area (Å²) in [5.41, 5.74) is 2.26. The lowest BCUT2D eigenvalue weighted by atomic mass is 10.2. The molecule has 4 aromatic rings. The molecule has 0 aliphatic carbocycles. The molecule has 0 atom stereocenters. The maximum absolute atomic E-state index is 12.3. The molecule has 3 N–H and O–H groups in total. The Labute approximate surface area is 197 Å². The maximum atomic E-state index is 12.3. The van der Waals surface area contributed by atoms with Crippen LogP contribution in [0.1, 0.15) is 21.8 Å². The molecule has 2 aromatic carbocycles. The Morgan fingerprint density at radius 1 is 1.03 bits per heavy atom. The van der Waals surface area contributed by atoms with Crippen LogP contribution in [-0.2, 0) is 13.0 Å². The molecular weight excluding hydrogens is 471 g/mol. The standard InChI is InChI=1S/C22H18Cl2N4O3S/c23-16-6-5-13(9-17(16)24)11-26-21(30)28-22-27-15(12-32-22)7-8-25-20(29)19-10-14-3-1-2-4-18(14)31-19/h1-6,9-10,12H,7-8,11H2,(H,25,29)(H2,26,27,28,30). The van der Waals surface area contributed by atoms with Gasteiger partial charge in [-0.2, -0.15) is 0 Å². The second kappa shape index (κ2) is 10.0. The number of rotatable bonds is 7. The molecule has 2 heterocycles. The summed E-state index contributed by atoms with van der Waals surface area (Å²) in [6.45, 7) is 0.692. The number of anilines is 1. The molecule has 0 aliphatic heterocycles. The van der Waals surface area contributed by atoms with Crippen molar-refractivity contribution in [3.63, 3.8) is 0 Å². The number of benzene rings is 2. The van der Waals surface area contributed by atoms with Crippen molar-refractivity contribution in [1.29, 1.82) is 0 Å². The highest BCUT2D eigenvalue weighted by molar-refractivity contribution is 7.13. The molecule has 0 unspecified atom stereocenters. The number of hydrogen-bond acceptors (Lipinski definition) is 5. The zero-order chi connectivity index (χ0) is 22.5. The van der Waals surface area contributed by atoms with E-state index in [9.17, 15) is 9.59 Å². The first-order valence-corrected chi connectivity index (χ1v) is 11.3. The number of furan rings is 1. The molecule has 4 rings (SSSR count). The van der Waals surface area contributed by atoms with Gasteiger partial charge in [0.1, 0.15) is 5.58 Å². The van der Waals surface area contributed by atoms with Crippen molar-refractivity contribution in [2.45, 2.75) is 13.0 Å². The van der Waals surface area contributed by atoms with Gasteiger partial charge < -0.3 is 15.1 Å². The van der Waals surface area contributed by atoms with Gasteiger partial charge in [0.25, 0.3) is 5.91 Å². The fourth-order valence-corrected chi connectivity index (χ4v) is 4.00. The summed E-state index contributed by atoms with van der Waals surface area (Å²) < 4.78 is 5.55. The largest absolute Gasteiger partial charge is 0.451 e. The number of nitrogens with one attached hydrogen (secondary N) is 3. The second-order valence-corrected chi connectivity index (χ2v) is 8.53. The zero-order valence-electron chi connectivity index (χ0n) is 16.7. The number of amides is 3. The highest BCUT2D eigenvalue weighted by Gasteiger charge is 2.12. The minimum atomic E-state index is -0.379. The first-order chi connectivity index (χ1) is 15.5. The van der Waals surface area contributed by atoms with E-state index in [4.69, 9.17) is 27.6 Å². The molecule has 0 saturated carbocycles. The summed E-state index contributed by atoms with van der Waals surface area (Å²) >= 11 is 13.2. The van der Waals surface area contributed by atoms with Crippen LogP contribution >= 0.6 is 34.5 Å². The number of urea groups is 1. The monoisotopic (exact) mass is 488 g/mol. The van der Waals surface area contributed by atoms with Crippen LogP contribution in [0.2, 0.25) is 10.0 Å². The molecule has 0 radical (unpaired) electrons. The van der Waals surface area contributed by atoms with E-state index in [0.29, 0.717) is 40.3 Å². The van der Waals surface area contributed by atoms with Gasteiger partial charge in [0.15, 0.2) is 10.9 Å². The number of nitrogens with zero attached hydrogens (tertiary/aromatic N) is 1. The third-order valence-electron chi connectivity index (χ3n) is 4.53. The normalized spacial score (nSPS) is 10.8. The number of hydrogen-bond donors (Lipinski definition) is 3. The number of thiazole rings is 1. The van der Waals surface area contributed by atoms with Crippen molar-refractivity contribution < 1.29 is 14.0 Å². The van der Waals surface area contributed by atoms with Crippen LogP contribution in [0, 0.1) is 0 Å². The summed E-state index contributed by atoms with van der Waals surface area (Å²) in [7, 11) is 0. The molecule has 10 heteroatoms. The second-order valence-electron chi connectivity index (χ2n) is 6.85. The molecule has 32 heavy (non-hydrogen) atoms. The van der Waals surface area contributed by atoms with Crippen LogP contribution in [0.5, 0.6) is 0 Å². The SMILES string of the molecule is O=C(NCc1ccc(Cl)c(Cl)c1)Nc1nc(CCNC(=O)c2cc3ccccc3o2)cs1. The van der Waals surface area contributed by atoms with Crippen LogP contribution in [-0.4, -0.2) is 23.5 Å². The summed E-state index contributed by atoms with van der Waals surface area (Å²) in [5, 5.41) is 12.3. The Balaban J connectivity index is 1.22. The van der Waals surface area contributed by atoms with Gasteiger partial charge in [-0.3, -0.25) is 10.1 Å². The van der Waals surface area contributed by atoms with E-state index < -0.39 is 0 Å². The molecule has 7 nitrogen and oxygen atoms in total. The fraction of sp³-hybridized carbons (Fsp3) is 0.136. The highest BCUT2D eigenvalue weighted by Crippen LogP contribution is 2.22. The van der Waals surface area contributed by atoms with E-state index in [-0.39, 0.29) is 17.7 Å². The van der Waals surface area contributed by atoms with Crippen molar-refractivity contribution in [3.05, 3.63) is 81.0 Å². The van der Waals surface area contributed by atoms with Crippen molar-refractivity contribution >= 4 is 62.6 Å². The number of halogens is 2. The third kappa shape index (κ3) is 5.59. The lowest BCUT2D eigenvalue weighted by Crippen LogP contribution is -2.28. The van der Waals surface area contributed by atoms with E-state index in [1.54, 1.807) is 24.3 Å². The first-order valence-electron chi connectivity index (χ1n) is 9.68. The molecule has 0 saturated heterocycles. The highest BCUT2D eigenvalue weighted by atomic mass is 35.5. The van der Waals surface area contributed by atoms with E-state index in [1.807, 2.05) is 29.6 Å². The summed E-state index contributed by atoms with van der Waals surface area (Å²) in [5.74, 6) is -0.0121. The van der Waals surface area contributed by atoms with Crippen molar-refractivity contribution in [3.8, 4) is 0 Å². The van der Waals surface area contributed by atoms with Crippen molar-refractivity contribution in [2.75, 3.05) is 11.9 Å². The number of aromatic nitrogens is 1. The van der Waals surface area contributed by atoms with Crippen LogP contribution in [0.4, 0.5) is 9.93 Å². The Morgan fingerprint density at radius 3 is 2.69 bits per heavy atom. The molecule has 0 aliphatic rings.